The summed E-state index contributed by atoms with van der Waals surface area (Å²) in [7, 11) is 2.23. The Bertz CT molecular complexity index is 480. The van der Waals surface area contributed by atoms with E-state index < -0.39 is 0 Å². The molecule has 0 aromatic carbocycles. The number of thiophene rings is 1. The number of hydrogen-bond donors (Lipinski definition) is 2. The van der Waals surface area contributed by atoms with Gasteiger partial charge in [0.05, 0.1) is 4.88 Å². The number of nitrogens with two attached hydrogens (primary N) is 1. The molecule has 2 fully saturated rings. The van der Waals surface area contributed by atoms with Crippen molar-refractivity contribution in [3.8, 4) is 0 Å². The molecule has 2 bridgehead atoms. The van der Waals surface area contributed by atoms with Crippen LogP contribution in [0.4, 0.5) is 5.69 Å². The van der Waals surface area contributed by atoms with E-state index in [9.17, 15) is 4.79 Å². The van der Waals surface area contributed by atoms with Gasteiger partial charge in [-0.25, -0.2) is 0 Å². The zero-order chi connectivity index (χ0) is 14.3. The SMILES string of the molecule is Cc1sc(C(=O)NC2CC3CCCC(C2)N3C)cc1N. The van der Waals surface area contributed by atoms with E-state index in [1.807, 2.05) is 6.92 Å². The van der Waals surface area contributed by atoms with E-state index in [1.54, 1.807) is 6.07 Å². The Morgan fingerprint density at radius 3 is 2.60 bits per heavy atom. The van der Waals surface area contributed by atoms with Gasteiger partial charge in [-0.2, -0.15) is 0 Å². The molecule has 1 aromatic heterocycles. The zero-order valence-electron chi connectivity index (χ0n) is 12.2. The predicted octanol–water partition coefficient (Wildman–Crippen LogP) is 2.38. The fraction of sp³-hybridized carbons (Fsp3) is 0.667. The molecule has 2 saturated heterocycles. The molecule has 0 radical (unpaired) electrons. The van der Waals surface area contributed by atoms with Crippen LogP contribution in [0.2, 0.25) is 0 Å². The summed E-state index contributed by atoms with van der Waals surface area (Å²) < 4.78 is 0. The molecule has 2 atom stereocenters. The fourth-order valence-electron chi connectivity index (χ4n) is 3.60. The van der Waals surface area contributed by atoms with Crippen LogP contribution < -0.4 is 11.1 Å². The number of rotatable bonds is 2. The van der Waals surface area contributed by atoms with Gasteiger partial charge >= 0.3 is 0 Å². The monoisotopic (exact) mass is 293 g/mol. The highest BCUT2D eigenvalue weighted by Gasteiger charge is 2.36. The van der Waals surface area contributed by atoms with E-state index in [2.05, 4.69) is 17.3 Å². The second-order valence-electron chi connectivity index (χ2n) is 6.17. The van der Waals surface area contributed by atoms with Crippen molar-refractivity contribution in [1.82, 2.24) is 10.2 Å². The van der Waals surface area contributed by atoms with Crippen LogP contribution in [0.15, 0.2) is 6.07 Å². The van der Waals surface area contributed by atoms with Gasteiger partial charge in [0.15, 0.2) is 0 Å². The molecule has 2 unspecified atom stereocenters. The van der Waals surface area contributed by atoms with Gasteiger partial charge < -0.3 is 16.0 Å². The molecule has 5 heteroatoms. The molecule has 110 valence electrons. The molecule has 20 heavy (non-hydrogen) atoms. The van der Waals surface area contributed by atoms with Crippen LogP contribution in [-0.4, -0.2) is 36.0 Å². The summed E-state index contributed by atoms with van der Waals surface area (Å²) in [5.41, 5.74) is 6.55. The quantitative estimate of drug-likeness (QED) is 0.880. The fourth-order valence-corrected chi connectivity index (χ4v) is 4.44. The minimum absolute atomic E-state index is 0.0439. The number of nitrogens with zero attached hydrogens (tertiary/aromatic N) is 1. The molecule has 0 aliphatic carbocycles. The summed E-state index contributed by atoms with van der Waals surface area (Å²) in [5, 5.41) is 3.21. The molecular weight excluding hydrogens is 270 g/mol. The van der Waals surface area contributed by atoms with E-state index >= 15 is 0 Å². The summed E-state index contributed by atoms with van der Waals surface area (Å²) in [6.45, 7) is 1.96. The number of nitrogens with one attached hydrogen (secondary N) is 1. The largest absolute Gasteiger partial charge is 0.398 e. The van der Waals surface area contributed by atoms with Gasteiger partial charge in [-0.05, 0) is 45.7 Å². The summed E-state index contributed by atoms with van der Waals surface area (Å²) in [6.07, 6.45) is 6.03. The smallest absolute Gasteiger partial charge is 0.261 e. The Hall–Kier alpha value is -1.07. The van der Waals surface area contributed by atoms with Crippen molar-refractivity contribution < 1.29 is 4.79 Å². The maximum atomic E-state index is 12.3. The van der Waals surface area contributed by atoms with Crippen molar-refractivity contribution in [2.24, 2.45) is 0 Å². The predicted molar refractivity (Wildman–Crippen MR) is 83.1 cm³/mol. The highest BCUT2D eigenvalue weighted by atomic mass is 32.1. The van der Waals surface area contributed by atoms with Gasteiger partial charge in [0.2, 0.25) is 0 Å². The molecule has 0 saturated carbocycles. The van der Waals surface area contributed by atoms with E-state index in [4.69, 9.17) is 5.73 Å². The van der Waals surface area contributed by atoms with Gasteiger partial charge in [-0.3, -0.25) is 4.79 Å². The van der Waals surface area contributed by atoms with E-state index in [0.29, 0.717) is 18.1 Å². The number of hydrogen-bond acceptors (Lipinski definition) is 4. The first-order valence-electron chi connectivity index (χ1n) is 7.43. The van der Waals surface area contributed by atoms with Crippen molar-refractivity contribution >= 4 is 22.9 Å². The van der Waals surface area contributed by atoms with Crippen LogP contribution >= 0.6 is 11.3 Å². The maximum absolute atomic E-state index is 12.3. The van der Waals surface area contributed by atoms with E-state index in [-0.39, 0.29) is 5.91 Å². The zero-order valence-corrected chi connectivity index (χ0v) is 13.0. The van der Waals surface area contributed by atoms with Gasteiger partial charge in [0.25, 0.3) is 5.91 Å². The van der Waals surface area contributed by atoms with E-state index in [1.165, 1.54) is 30.6 Å². The van der Waals surface area contributed by atoms with Crippen molar-refractivity contribution in [3.05, 3.63) is 15.8 Å². The number of anilines is 1. The summed E-state index contributed by atoms with van der Waals surface area (Å²) in [5.74, 6) is 0.0439. The lowest BCUT2D eigenvalue weighted by molar-refractivity contribution is 0.0464. The topological polar surface area (TPSA) is 58.4 Å². The van der Waals surface area contributed by atoms with Crippen LogP contribution in [0, 0.1) is 6.92 Å². The summed E-state index contributed by atoms with van der Waals surface area (Å²) >= 11 is 1.49. The number of nitrogen functional groups attached to an aromatic ring is 1. The van der Waals surface area contributed by atoms with Crippen LogP contribution in [0.25, 0.3) is 0 Å². The van der Waals surface area contributed by atoms with Gasteiger partial charge in [-0.1, -0.05) is 6.42 Å². The molecule has 4 nitrogen and oxygen atoms in total. The maximum Gasteiger partial charge on any atom is 0.261 e. The first kappa shape index (κ1) is 13.9. The number of carbonyl (C=O) groups excluding carboxylic acids is 1. The third kappa shape index (κ3) is 2.56. The standard InChI is InChI=1S/C15H23N3OS/c1-9-13(16)8-14(20-9)15(19)17-10-6-11-4-3-5-12(7-10)18(11)2/h8,10-12H,3-7,16H2,1-2H3,(H,17,19). The van der Waals surface area contributed by atoms with Crippen LogP contribution in [0.3, 0.4) is 0 Å². The highest BCUT2D eigenvalue weighted by molar-refractivity contribution is 7.14. The second-order valence-corrected chi connectivity index (χ2v) is 7.42. The third-order valence-electron chi connectivity index (χ3n) is 4.85. The Morgan fingerprint density at radius 2 is 2.05 bits per heavy atom. The molecule has 2 aliphatic heterocycles. The number of piperidine rings is 2. The highest BCUT2D eigenvalue weighted by Crippen LogP contribution is 2.33. The minimum Gasteiger partial charge on any atom is -0.398 e. The number of amides is 1. The Balaban J connectivity index is 1.65. The number of carbonyl (C=O) groups is 1. The first-order valence-corrected chi connectivity index (χ1v) is 8.25. The Kier molecular flexibility index (Phi) is 3.73. The van der Waals surface area contributed by atoms with Gasteiger partial charge in [0.1, 0.15) is 0 Å². The lowest BCUT2D eigenvalue weighted by atomic mass is 9.82. The molecular formula is C15H23N3OS. The summed E-state index contributed by atoms with van der Waals surface area (Å²) in [4.78, 5) is 16.6. The minimum atomic E-state index is 0.0439. The number of aryl methyl sites for hydroxylation is 1. The Labute approximate surface area is 124 Å². The third-order valence-corrected chi connectivity index (χ3v) is 5.92. The van der Waals surface area contributed by atoms with Crippen molar-refractivity contribution in [2.75, 3.05) is 12.8 Å². The van der Waals surface area contributed by atoms with Crippen LogP contribution in [0.1, 0.15) is 46.7 Å². The number of fused-ring (bicyclic) bond motifs is 2. The van der Waals surface area contributed by atoms with Gasteiger partial charge in [0, 0.05) is 28.7 Å². The molecule has 1 aromatic rings. The van der Waals surface area contributed by atoms with E-state index in [0.717, 1.165) is 28.3 Å². The molecule has 0 spiro atoms. The van der Waals surface area contributed by atoms with Crippen molar-refractivity contribution in [2.45, 2.75) is 57.2 Å². The molecule has 3 heterocycles. The van der Waals surface area contributed by atoms with Crippen molar-refractivity contribution in [3.63, 3.8) is 0 Å². The molecule has 2 aliphatic rings. The average Bonchev–Trinajstić information content (AvgIpc) is 2.71. The molecule has 3 rings (SSSR count). The summed E-state index contributed by atoms with van der Waals surface area (Å²) in [6, 6.07) is 3.40. The Morgan fingerprint density at radius 1 is 1.40 bits per heavy atom. The second kappa shape index (κ2) is 5.37. The first-order chi connectivity index (χ1) is 9.54. The van der Waals surface area contributed by atoms with Crippen LogP contribution in [0.5, 0.6) is 0 Å². The average molecular weight is 293 g/mol. The molecule has 3 N–H and O–H groups in total. The van der Waals surface area contributed by atoms with Crippen LogP contribution in [-0.2, 0) is 0 Å². The van der Waals surface area contributed by atoms with Gasteiger partial charge in [-0.15, -0.1) is 11.3 Å². The lowest BCUT2D eigenvalue weighted by Gasteiger charge is -2.47. The normalized spacial score (nSPS) is 30.2. The lowest BCUT2D eigenvalue weighted by Crippen LogP contribution is -2.55. The molecule has 1 amide bonds. The van der Waals surface area contributed by atoms with Crippen molar-refractivity contribution in [1.29, 1.82) is 0 Å².